The molecule has 70 heavy (non-hydrogen) atoms. The zero-order valence-electron chi connectivity index (χ0n) is 39.6. The Hall–Kier alpha value is -5.32. The van der Waals surface area contributed by atoms with E-state index in [1.54, 1.807) is 43.6 Å². The van der Waals surface area contributed by atoms with Crippen LogP contribution in [0.5, 0.6) is 11.5 Å². The third-order valence-electron chi connectivity index (χ3n) is 13.6. The molecule has 5 aliphatic rings. The number of rotatable bonds is 12. The number of nitrogens with zero attached hydrogens (tertiary/aromatic N) is 3. The fourth-order valence-corrected chi connectivity index (χ4v) is 11.0. The highest BCUT2D eigenvalue weighted by atomic mass is 32.2. The Balaban J connectivity index is 1.15. The molecular weight excluding hydrogens is 958 g/mol. The minimum Gasteiger partial charge on any atom is -0.491 e. The molecule has 380 valence electrons. The summed E-state index contributed by atoms with van der Waals surface area (Å²) < 4.78 is 101. The number of halogens is 3. The smallest absolute Gasteiger partial charge is 0.430 e. The van der Waals surface area contributed by atoms with Gasteiger partial charge in [0, 0.05) is 48.4 Å². The van der Waals surface area contributed by atoms with Crippen LogP contribution in [-0.4, -0.2) is 125 Å². The van der Waals surface area contributed by atoms with Gasteiger partial charge < -0.3 is 39.2 Å². The van der Waals surface area contributed by atoms with Gasteiger partial charge in [0.2, 0.25) is 27.4 Å². The van der Waals surface area contributed by atoms with E-state index < -0.39 is 105 Å². The summed E-state index contributed by atoms with van der Waals surface area (Å²) in [6, 6.07) is 7.58. The normalized spacial score (nSPS) is 29.6. The number of amides is 4. The Bertz CT molecular complexity index is 2550. The van der Waals surface area contributed by atoms with Crippen molar-refractivity contribution in [2.75, 3.05) is 19.8 Å². The van der Waals surface area contributed by atoms with E-state index in [4.69, 9.17) is 28.7 Å². The molecule has 4 fully saturated rings. The molecule has 2 saturated heterocycles. The van der Waals surface area contributed by atoms with Gasteiger partial charge in [0.15, 0.2) is 0 Å². The maximum atomic E-state index is 15.2. The van der Waals surface area contributed by atoms with Crippen LogP contribution in [0.25, 0.3) is 22.6 Å². The van der Waals surface area contributed by atoms with Gasteiger partial charge >= 0.3 is 12.3 Å². The van der Waals surface area contributed by atoms with E-state index >= 15 is 4.79 Å². The van der Waals surface area contributed by atoms with Gasteiger partial charge in [-0.1, -0.05) is 19.1 Å². The van der Waals surface area contributed by atoms with Crippen molar-refractivity contribution in [2.24, 2.45) is 5.92 Å². The molecule has 3 N–H and O–H groups in total. The van der Waals surface area contributed by atoms with Crippen molar-refractivity contribution in [1.82, 2.24) is 30.2 Å². The van der Waals surface area contributed by atoms with Crippen molar-refractivity contribution in [3.05, 3.63) is 59.4 Å². The van der Waals surface area contributed by atoms with E-state index in [9.17, 15) is 36.0 Å². The van der Waals surface area contributed by atoms with Crippen molar-refractivity contribution in [3.63, 3.8) is 0 Å². The molecule has 3 aliphatic heterocycles. The second kappa shape index (κ2) is 20.1. The molecule has 2 saturated carbocycles. The standard InChI is InChI=1S/C48H59F3N6O11S2/c1-6-39-40(54-44(61)68-46(48(49,50)51)16-9-19-64-26-46)42(59)57-24-34(67-33-20-35(53-36(21-33)37-25-69-27-52-37)30-12-14-32(15-13-30)65-28(2)3)22-38(57)41(58)55-47(23-31(47)11-8-7-10-29(4)66-39)43(60)56-70(62,63)45(5)17-18-45/h8,11-15,20-21,25,27-29,31,34,38-40H,6-7,9-10,16-19,22-24,26H2,1-5H3,(H,54,61)(H,55,58)(H,56,60)/b11-8-/t29-,31-,34-,38+,39+,40+,46?,47-/m1/s1. The maximum Gasteiger partial charge on any atom is 0.430 e. The molecule has 3 aromatic rings. The van der Waals surface area contributed by atoms with Gasteiger partial charge in [-0.25, -0.2) is 23.2 Å². The van der Waals surface area contributed by atoms with Crippen LogP contribution in [0, 0.1) is 5.92 Å². The molecule has 22 heteroatoms. The number of carbonyl (C=O) groups excluding carboxylic acids is 4. The monoisotopic (exact) mass is 1020 g/mol. The number of fused-ring (bicyclic) bond motifs is 2. The number of alkyl halides is 3. The molecule has 8 atom stereocenters. The van der Waals surface area contributed by atoms with E-state index in [1.165, 1.54) is 18.3 Å². The molecule has 1 unspecified atom stereocenters. The number of aromatic nitrogens is 2. The number of hydrogen-bond donors (Lipinski definition) is 3. The first-order chi connectivity index (χ1) is 33.1. The van der Waals surface area contributed by atoms with Crippen molar-refractivity contribution in [2.45, 2.75) is 151 Å². The number of alkyl carbamates (subject to hydrolysis) is 1. The Morgan fingerprint density at radius 1 is 1.07 bits per heavy atom. The molecule has 2 aromatic heterocycles. The highest BCUT2D eigenvalue weighted by Crippen LogP contribution is 2.48. The molecule has 4 amide bonds. The Labute approximate surface area is 408 Å². The first kappa shape index (κ1) is 51.0. The average molecular weight is 1020 g/mol. The molecule has 8 rings (SSSR count). The molecule has 17 nitrogen and oxygen atoms in total. The minimum atomic E-state index is -5.02. The Kier molecular flexibility index (Phi) is 14.6. The van der Waals surface area contributed by atoms with E-state index in [1.807, 2.05) is 43.5 Å². The summed E-state index contributed by atoms with van der Waals surface area (Å²) in [5.41, 5.74) is -0.783. The molecule has 0 spiro atoms. The topological polar surface area (TPSA) is 214 Å². The summed E-state index contributed by atoms with van der Waals surface area (Å²) >= 11 is 1.37. The van der Waals surface area contributed by atoms with Gasteiger partial charge in [-0.05, 0) is 96.9 Å². The summed E-state index contributed by atoms with van der Waals surface area (Å²) in [7, 11) is -4.13. The van der Waals surface area contributed by atoms with Crippen molar-refractivity contribution in [1.29, 1.82) is 0 Å². The van der Waals surface area contributed by atoms with Crippen LogP contribution < -0.4 is 24.8 Å². The first-order valence-electron chi connectivity index (χ1n) is 23.6. The second-order valence-electron chi connectivity index (χ2n) is 19.3. The van der Waals surface area contributed by atoms with Gasteiger partial charge in [-0.2, -0.15) is 13.2 Å². The highest BCUT2D eigenvalue weighted by Gasteiger charge is 2.64. The fourth-order valence-electron chi connectivity index (χ4n) is 9.13. The molecule has 2 aliphatic carbocycles. The molecule has 5 heterocycles. The van der Waals surface area contributed by atoms with Gasteiger partial charge in [0.05, 0.1) is 58.8 Å². The number of benzene rings is 1. The predicted molar refractivity (Wildman–Crippen MR) is 250 cm³/mol. The van der Waals surface area contributed by atoms with Crippen LogP contribution >= 0.6 is 11.3 Å². The first-order valence-corrected chi connectivity index (χ1v) is 26.1. The summed E-state index contributed by atoms with van der Waals surface area (Å²) in [6.45, 7) is 7.61. The van der Waals surface area contributed by atoms with Gasteiger partial charge in [-0.15, -0.1) is 11.3 Å². The zero-order valence-corrected chi connectivity index (χ0v) is 41.2. The minimum absolute atomic E-state index is 0.0385. The van der Waals surface area contributed by atoms with Gasteiger partial charge in [-0.3, -0.25) is 19.1 Å². The Morgan fingerprint density at radius 2 is 1.81 bits per heavy atom. The van der Waals surface area contributed by atoms with Crippen molar-refractivity contribution in [3.8, 4) is 34.1 Å². The van der Waals surface area contributed by atoms with Crippen molar-refractivity contribution >= 4 is 45.2 Å². The third kappa shape index (κ3) is 10.9. The maximum absolute atomic E-state index is 15.2. The van der Waals surface area contributed by atoms with E-state index in [2.05, 4.69) is 20.3 Å². The average Bonchev–Trinajstić information content (AvgIpc) is 4.06. The zero-order chi connectivity index (χ0) is 50.2. The van der Waals surface area contributed by atoms with Crippen LogP contribution in [0.3, 0.4) is 0 Å². The number of pyridine rings is 1. The third-order valence-corrected chi connectivity index (χ3v) is 16.3. The molecular formula is C48H59F3N6O11S2. The number of carbonyl (C=O) groups is 4. The number of allylic oxidation sites excluding steroid dienone is 1. The largest absolute Gasteiger partial charge is 0.491 e. The van der Waals surface area contributed by atoms with Crippen LogP contribution in [0.1, 0.15) is 92.4 Å². The lowest BCUT2D eigenvalue weighted by atomic mass is 9.96. The lowest BCUT2D eigenvalue weighted by Gasteiger charge is -2.38. The SMILES string of the molecule is CC[C@@H]1O[C@H](C)CC/C=C\[C@@H]2C[C@@]2(C(=O)NS(=O)(=O)C2(C)CC2)NC(=O)[C@@H]2C[C@@H](Oc3cc(-c4ccc(OC(C)C)cc4)nc(-c4cscn4)c3)CN2C(=O)[C@H]1NC(=O)OC1(C(F)(F)F)CCCOC1. The summed E-state index contributed by atoms with van der Waals surface area (Å²) in [6.07, 6.45) is -4.81. The number of hydrogen-bond acceptors (Lipinski definition) is 14. The Morgan fingerprint density at radius 3 is 2.46 bits per heavy atom. The number of sulfonamides is 1. The van der Waals surface area contributed by atoms with E-state index in [0.29, 0.717) is 59.8 Å². The van der Waals surface area contributed by atoms with Crippen molar-refractivity contribution < 1.29 is 64.5 Å². The summed E-state index contributed by atoms with van der Waals surface area (Å²) in [4.78, 5) is 68.5. The van der Waals surface area contributed by atoms with Crippen LogP contribution in [0.2, 0.25) is 0 Å². The summed E-state index contributed by atoms with van der Waals surface area (Å²) in [5.74, 6) is -2.30. The lowest BCUT2D eigenvalue weighted by molar-refractivity contribution is -0.285. The number of nitrogens with one attached hydrogen (secondary N) is 3. The number of thiazole rings is 1. The van der Waals surface area contributed by atoms with Crippen LogP contribution in [-0.2, 0) is 38.6 Å². The predicted octanol–water partition coefficient (Wildman–Crippen LogP) is 6.62. The second-order valence-corrected chi connectivity index (χ2v) is 22.2. The fraction of sp³-hybridized carbons (Fsp3) is 0.583. The molecule has 1 aromatic carbocycles. The summed E-state index contributed by atoms with van der Waals surface area (Å²) in [5, 5.41) is 7.03. The lowest BCUT2D eigenvalue weighted by Crippen LogP contribution is -2.62. The van der Waals surface area contributed by atoms with Gasteiger partial charge in [0.1, 0.15) is 35.2 Å². The van der Waals surface area contributed by atoms with Crippen LogP contribution in [0.15, 0.2) is 59.4 Å². The van der Waals surface area contributed by atoms with Gasteiger partial charge in [0.25, 0.3) is 5.91 Å². The molecule has 0 bridgehead atoms. The highest BCUT2D eigenvalue weighted by molar-refractivity contribution is 7.91. The number of ether oxygens (including phenoxy) is 5. The molecule has 0 radical (unpaired) electrons. The van der Waals surface area contributed by atoms with E-state index in [-0.39, 0.29) is 44.9 Å². The van der Waals surface area contributed by atoms with Crippen LogP contribution in [0.4, 0.5) is 18.0 Å². The quantitative estimate of drug-likeness (QED) is 0.163. The van der Waals surface area contributed by atoms with E-state index in [0.717, 1.165) is 4.90 Å².